The molecule has 3 aromatic rings. The molecule has 0 spiro atoms. The summed E-state index contributed by atoms with van der Waals surface area (Å²) in [5.41, 5.74) is 1.80. The SMILES string of the molecule is COc1ccc2cc(/C=C/C(=O)Nc3ccccc3C(=O)NCC3CCCO3)ccc2c1. The largest absolute Gasteiger partial charge is 0.497 e. The van der Waals surface area contributed by atoms with E-state index in [2.05, 4.69) is 10.6 Å². The summed E-state index contributed by atoms with van der Waals surface area (Å²) in [4.78, 5) is 25.1. The Bertz CT molecular complexity index is 1150. The van der Waals surface area contributed by atoms with Gasteiger partial charge in [0.25, 0.3) is 5.91 Å². The van der Waals surface area contributed by atoms with E-state index in [1.54, 1.807) is 37.5 Å². The highest BCUT2D eigenvalue weighted by Gasteiger charge is 2.18. The summed E-state index contributed by atoms with van der Waals surface area (Å²) in [6.07, 6.45) is 5.24. The van der Waals surface area contributed by atoms with Crippen LogP contribution >= 0.6 is 0 Å². The van der Waals surface area contributed by atoms with Gasteiger partial charge in [-0.3, -0.25) is 9.59 Å². The standard InChI is InChI=1S/C26H26N2O4/c1-31-21-12-11-19-15-18(8-10-20(19)16-21)9-13-25(29)28-24-7-3-2-6-23(24)26(30)27-17-22-5-4-14-32-22/h2-3,6-13,15-16,22H,4-5,14,17H2,1H3,(H,27,30)(H,28,29)/b13-9+. The number of fused-ring (bicyclic) bond motifs is 1. The molecule has 1 aliphatic rings. The van der Waals surface area contributed by atoms with Crippen molar-refractivity contribution in [1.82, 2.24) is 5.32 Å². The molecular weight excluding hydrogens is 404 g/mol. The quantitative estimate of drug-likeness (QED) is 0.545. The Morgan fingerprint density at radius 3 is 2.72 bits per heavy atom. The summed E-state index contributed by atoms with van der Waals surface area (Å²) in [7, 11) is 1.64. The van der Waals surface area contributed by atoms with Gasteiger partial charge in [-0.15, -0.1) is 0 Å². The number of rotatable bonds is 7. The van der Waals surface area contributed by atoms with Crippen LogP contribution in [0.4, 0.5) is 5.69 Å². The number of anilines is 1. The van der Waals surface area contributed by atoms with Crippen LogP contribution in [-0.4, -0.2) is 38.2 Å². The summed E-state index contributed by atoms with van der Waals surface area (Å²) in [5, 5.41) is 7.82. The second kappa shape index (κ2) is 10.1. The minimum absolute atomic E-state index is 0.0617. The molecule has 1 unspecified atom stereocenters. The van der Waals surface area contributed by atoms with E-state index >= 15 is 0 Å². The van der Waals surface area contributed by atoms with E-state index in [-0.39, 0.29) is 17.9 Å². The minimum Gasteiger partial charge on any atom is -0.497 e. The number of ether oxygens (including phenoxy) is 2. The normalized spacial score (nSPS) is 15.7. The first-order valence-electron chi connectivity index (χ1n) is 10.7. The van der Waals surface area contributed by atoms with E-state index in [0.29, 0.717) is 17.8 Å². The van der Waals surface area contributed by atoms with Gasteiger partial charge in [-0.25, -0.2) is 0 Å². The number of para-hydroxylation sites is 1. The summed E-state index contributed by atoms with van der Waals surface area (Å²) < 4.78 is 10.8. The third-order valence-corrected chi connectivity index (χ3v) is 5.44. The summed E-state index contributed by atoms with van der Waals surface area (Å²) in [5.74, 6) is 0.267. The third-order valence-electron chi connectivity index (χ3n) is 5.44. The van der Waals surface area contributed by atoms with Gasteiger partial charge in [-0.05, 0) is 65.6 Å². The van der Waals surface area contributed by atoms with Gasteiger partial charge in [0.1, 0.15) is 5.75 Å². The van der Waals surface area contributed by atoms with Gasteiger partial charge in [0, 0.05) is 19.2 Å². The highest BCUT2D eigenvalue weighted by molar-refractivity contribution is 6.07. The molecule has 1 fully saturated rings. The molecule has 4 rings (SSSR count). The van der Waals surface area contributed by atoms with E-state index < -0.39 is 0 Å². The van der Waals surface area contributed by atoms with Crippen molar-refractivity contribution in [3.8, 4) is 5.75 Å². The molecule has 3 aromatic carbocycles. The molecule has 6 heteroatoms. The maximum atomic E-state index is 12.6. The molecule has 1 heterocycles. The summed E-state index contributed by atoms with van der Waals surface area (Å²) >= 11 is 0. The number of amides is 2. The molecule has 2 amide bonds. The molecular formula is C26H26N2O4. The Balaban J connectivity index is 1.41. The number of hydrogen-bond acceptors (Lipinski definition) is 4. The van der Waals surface area contributed by atoms with Crippen LogP contribution in [0, 0.1) is 0 Å². The summed E-state index contributed by atoms with van der Waals surface area (Å²) in [6.45, 7) is 1.21. The molecule has 2 N–H and O–H groups in total. The Kier molecular flexibility index (Phi) is 6.82. The third kappa shape index (κ3) is 5.34. The Morgan fingerprint density at radius 1 is 1.09 bits per heavy atom. The number of benzene rings is 3. The predicted octanol–water partition coefficient (Wildman–Crippen LogP) is 4.41. The van der Waals surface area contributed by atoms with Gasteiger partial charge in [-0.2, -0.15) is 0 Å². The average Bonchev–Trinajstić information content (AvgIpc) is 3.35. The van der Waals surface area contributed by atoms with Crippen LogP contribution in [0.3, 0.4) is 0 Å². The molecule has 0 saturated carbocycles. The van der Waals surface area contributed by atoms with Gasteiger partial charge < -0.3 is 20.1 Å². The van der Waals surface area contributed by atoms with Crippen molar-refractivity contribution < 1.29 is 19.1 Å². The first-order valence-corrected chi connectivity index (χ1v) is 10.7. The molecule has 1 saturated heterocycles. The zero-order chi connectivity index (χ0) is 22.3. The lowest BCUT2D eigenvalue weighted by molar-refractivity contribution is -0.111. The maximum Gasteiger partial charge on any atom is 0.253 e. The monoisotopic (exact) mass is 430 g/mol. The van der Waals surface area contributed by atoms with E-state index in [0.717, 1.165) is 41.5 Å². The van der Waals surface area contributed by atoms with E-state index in [1.165, 1.54) is 6.08 Å². The van der Waals surface area contributed by atoms with Crippen molar-refractivity contribution in [3.05, 3.63) is 77.9 Å². The fourth-order valence-corrected chi connectivity index (χ4v) is 3.72. The van der Waals surface area contributed by atoms with Crippen molar-refractivity contribution in [2.45, 2.75) is 18.9 Å². The lowest BCUT2D eigenvalue weighted by Gasteiger charge is -2.13. The second-order valence-electron chi connectivity index (χ2n) is 7.69. The molecule has 0 radical (unpaired) electrons. The number of hydrogen-bond donors (Lipinski definition) is 2. The van der Waals surface area contributed by atoms with Crippen molar-refractivity contribution in [1.29, 1.82) is 0 Å². The van der Waals surface area contributed by atoms with Crippen LogP contribution < -0.4 is 15.4 Å². The Hall–Kier alpha value is -3.64. The minimum atomic E-state index is -0.306. The molecule has 164 valence electrons. The molecule has 0 aliphatic carbocycles. The van der Waals surface area contributed by atoms with E-state index in [1.807, 2.05) is 36.4 Å². The first-order chi connectivity index (χ1) is 15.6. The zero-order valence-electron chi connectivity index (χ0n) is 18.0. The molecule has 0 aromatic heterocycles. The Morgan fingerprint density at radius 2 is 1.91 bits per heavy atom. The van der Waals surface area contributed by atoms with Gasteiger partial charge in [-0.1, -0.05) is 30.3 Å². The highest BCUT2D eigenvalue weighted by Crippen LogP contribution is 2.22. The number of carbonyl (C=O) groups excluding carboxylic acids is 2. The fourth-order valence-electron chi connectivity index (χ4n) is 3.72. The van der Waals surface area contributed by atoms with Gasteiger partial charge >= 0.3 is 0 Å². The van der Waals surface area contributed by atoms with Crippen LogP contribution in [0.2, 0.25) is 0 Å². The molecule has 32 heavy (non-hydrogen) atoms. The number of methoxy groups -OCH3 is 1. The number of nitrogens with one attached hydrogen (secondary N) is 2. The van der Waals surface area contributed by atoms with Crippen molar-refractivity contribution in [2.75, 3.05) is 25.6 Å². The predicted molar refractivity (Wildman–Crippen MR) is 126 cm³/mol. The summed E-state index contributed by atoms with van der Waals surface area (Å²) in [6, 6.07) is 18.8. The van der Waals surface area contributed by atoms with Crippen molar-refractivity contribution in [3.63, 3.8) is 0 Å². The second-order valence-corrected chi connectivity index (χ2v) is 7.69. The van der Waals surface area contributed by atoms with E-state index in [9.17, 15) is 9.59 Å². The topological polar surface area (TPSA) is 76.7 Å². The van der Waals surface area contributed by atoms with Crippen molar-refractivity contribution >= 4 is 34.4 Å². The van der Waals surface area contributed by atoms with Crippen LogP contribution in [-0.2, 0) is 9.53 Å². The van der Waals surface area contributed by atoms with E-state index in [4.69, 9.17) is 9.47 Å². The highest BCUT2D eigenvalue weighted by atomic mass is 16.5. The fraction of sp³-hybridized carbons (Fsp3) is 0.231. The molecule has 0 bridgehead atoms. The van der Waals surface area contributed by atoms with Gasteiger partial charge in [0.15, 0.2) is 0 Å². The van der Waals surface area contributed by atoms with Gasteiger partial charge in [0.05, 0.1) is 24.5 Å². The van der Waals surface area contributed by atoms with Crippen LogP contribution in [0.25, 0.3) is 16.8 Å². The molecule has 1 aliphatic heterocycles. The smallest absolute Gasteiger partial charge is 0.253 e. The lowest BCUT2D eigenvalue weighted by Crippen LogP contribution is -2.32. The van der Waals surface area contributed by atoms with Gasteiger partial charge in [0.2, 0.25) is 5.91 Å². The lowest BCUT2D eigenvalue weighted by atomic mass is 10.1. The molecule has 6 nitrogen and oxygen atoms in total. The van der Waals surface area contributed by atoms with Crippen molar-refractivity contribution in [2.24, 2.45) is 0 Å². The number of carbonyl (C=O) groups is 2. The average molecular weight is 431 g/mol. The molecule has 1 atom stereocenters. The zero-order valence-corrected chi connectivity index (χ0v) is 18.0. The van der Waals surface area contributed by atoms with Crippen LogP contribution in [0.5, 0.6) is 5.75 Å². The Labute approximate surface area is 187 Å². The van der Waals surface area contributed by atoms with Crippen LogP contribution in [0.15, 0.2) is 66.7 Å². The first kappa shape index (κ1) is 21.6. The van der Waals surface area contributed by atoms with Crippen LogP contribution in [0.1, 0.15) is 28.8 Å². The maximum absolute atomic E-state index is 12.6.